The van der Waals surface area contributed by atoms with E-state index >= 15 is 0 Å². The van der Waals surface area contributed by atoms with Gasteiger partial charge >= 0.3 is 0 Å². The molecule has 106 valence electrons. The molecule has 2 aromatic rings. The Morgan fingerprint density at radius 1 is 1.20 bits per heavy atom. The molecule has 0 saturated heterocycles. The number of carboxylic acid groups (broad SMARTS) is 1. The molecule has 0 spiro atoms. The lowest BCUT2D eigenvalue weighted by molar-refractivity contribution is -0.304. The third kappa shape index (κ3) is 3.33. The quantitative estimate of drug-likeness (QED) is 0.724. The fourth-order valence-corrected chi connectivity index (χ4v) is 2.76. The molecule has 5 heteroatoms. The monoisotopic (exact) mass is 399 g/mol. The topological polar surface area (TPSA) is 49.4 Å². The number of carbonyl (C=O) groups excluding carboxylic acids is 1. The Labute approximate surface area is 134 Å². The van der Waals surface area contributed by atoms with Gasteiger partial charge in [-0.15, -0.1) is 0 Å². The molecule has 0 aliphatic carbocycles. The van der Waals surface area contributed by atoms with Gasteiger partial charge in [0.1, 0.15) is 5.75 Å². The highest BCUT2D eigenvalue weighted by Gasteiger charge is 2.19. The highest BCUT2D eigenvalue weighted by molar-refractivity contribution is 9.12. The number of hydrogen-bond acceptors (Lipinski definition) is 3. The number of carboxylic acids is 1. The van der Waals surface area contributed by atoms with Crippen molar-refractivity contribution in [3.8, 4) is 5.75 Å². The van der Waals surface area contributed by atoms with E-state index in [1.807, 2.05) is 43.3 Å². The molecule has 0 saturated carbocycles. The van der Waals surface area contributed by atoms with Gasteiger partial charge in [-0.2, -0.15) is 0 Å². The van der Waals surface area contributed by atoms with Crippen molar-refractivity contribution in [2.45, 2.75) is 16.6 Å². The molecule has 2 aromatic carbocycles. The van der Waals surface area contributed by atoms with Gasteiger partial charge in [0, 0.05) is 0 Å². The van der Waals surface area contributed by atoms with Gasteiger partial charge in [0.25, 0.3) is 0 Å². The number of alkyl halides is 2. The summed E-state index contributed by atoms with van der Waals surface area (Å²) in [5, 5.41) is 13.0. The Balaban J connectivity index is 2.34. The minimum absolute atomic E-state index is 0.344. The second kappa shape index (κ2) is 6.59. The molecular formula is C15H13Br2O3-. The van der Waals surface area contributed by atoms with E-state index < -0.39 is 10.8 Å². The second-order valence-corrected chi connectivity index (χ2v) is 6.30. The van der Waals surface area contributed by atoms with Gasteiger partial charge in [0.05, 0.1) is 22.2 Å². The Kier molecular flexibility index (Phi) is 5.05. The van der Waals surface area contributed by atoms with E-state index in [-0.39, 0.29) is 4.83 Å². The maximum atomic E-state index is 10.9. The first-order valence-corrected chi connectivity index (χ1v) is 8.01. The van der Waals surface area contributed by atoms with Gasteiger partial charge in [-0.3, -0.25) is 0 Å². The Morgan fingerprint density at radius 2 is 1.85 bits per heavy atom. The second-order valence-electron chi connectivity index (χ2n) is 4.32. The van der Waals surface area contributed by atoms with E-state index in [1.54, 1.807) is 0 Å². The van der Waals surface area contributed by atoms with Crippen LogP contribution in [0.4, 0.5) is 0 Å². The van der Waals surface area contributed by atoms with Gasteiger partial charge in [-0.25, -0.2) is 0 Å². The van der Waals surface area contributed by atoms with Crippen LogP contribution in [-0.4, -0.2) is 17.4 Å². The number of fused-ring (bicyclic) bond motifs is 1. The van der Waals surface area contributed by atoms with Gasteiger partial charge in [-0.05, 0) is 41.5 Å². The van der Waals surface area contributed by atoms with E-state index in [1.165, 1.54) is 0 Å². The summed E-state index contributed by atoms with van der Waals surface area (Å²) in [6.07, 6.45) is 0. The molecular weight excluding hydrogens is 388 g/mol. The van der Waals surface area contributed by atoms with Gasteiger partial charge < -0.3 is 14.6 Å². The van der Waals surface area contributed by atoms with Crippen LogP contribution in [-0.2, 0) is 4.79 Å². The van der Waals surface area contributed by atoms with Crippen LogP contribution in [0.5, 0.6) is 5.75 Å². The van der Waals surface area contributed by atoms with Crippen molar-refractivity contribution in [2.75, 3.05) is 6.61 Å². The third-order valence-electron chi connectivity index (χ3n) is 2.95. The van der Waals surface area contributed by atoms with E-state index in [4.69, 9.17) is 4.74 Å². The molecule has 0 aliphatic heterocycles. The highest BCUT2D eigenvalue weighted by atomic mass is 79.9. The van der Waals surface area contributed by atoms with Gasteiger partial charge in [0.15, 0.2) is 0 Å². The van der Waals surface area contributed by atoms with Crippen LogP contribution in [0.25, 0.3) is 10.8 Å². The Bertz CT molecular complexity index is 628. The van der Waals surface area contributed by atoms with Crippen molar-refractivity contribution in [2.24, 2.45) is 0 Å². The lowest BCUT2D eigenvalue weighted by atomic mass is 10.0. The normalized spacial score (nSPS) is 13.9. The van der Waals surface area contributed by atoms with Crippen LogP contribution in [0, 0.1) is 0 Å². The predicted octanol–water partition coefficient (Wildman–Crippen LogP) is 3.19. The Hall–Kier alpha value is -1.07. The smallest absolute Gasteiger partial charge is 0.119 e. The number of halogens is 2. The first kappa shape index (κ1) is 15.3. The molecule has 0 aromatic heterocycles. The van der Waals surface area contributed by atoms with Crippen molar-refractivity contribution in [1.82, 2.24) is 0 Å². The number of hydrogen-bond donors (Lipinski definition) is 0. The summed E-state index contributed by atoms with van der Waals surface area (Å²) in [6, 6.07) is 11.7. The van der Waals surface area contributed by atoms with Crippen molar-refractivity contribution in [3.05, 3.63) is 42.0 Å². The fourth-order valence-electron chi connectivity index (χ4n) is 1.96. The summed E-state index contributed by atoms with van der Waals surface area (Å²) >= 11 is 6.50. The molecule has 0 N–H and O–H groups in total. The molecule has 20 heavy (non-hydrogen) atoms. The fraction of sp³-hybridized carbons (Fsp3) is 0.267. The maximum Gasteiger partial charge on any atom is 0.119 e. The molecule has 0 aliphatic rings. The van der Waals surface area contributed by atoms with Crippen LogP contribution in [0.2, 0.25) is 0 Å². The highest BCUT2D eigenvalue weighted by Crippen LogP contribution is 2.33. The summed E-state index contributed by atoms with van der Waals surface area (Å²) in [5.74, 6) is -0.310. The maximum absolute atomic E-state index is 10.9. The van der Waals surface area contributed by atoms with E-state index in [2.05, 4.69) is 31.9 Å². The number of carbonyl (C=O) groups is 1. The number of ether oxygens (including phenoxy) is 1. The number of rotatable bonds is 5. The third-order valence-corrected chi connectivity index (χ3v) is 5.62. The standard InChI is InChI=1S/C15H14Br2O3/c1-2-20-12-6-5-9-7-11(4-3-10(9)8-12)13(16)14(17)15(18)19/h3-8,13-14H,2H2,1H3,(H,18,19)/p-1. The first-order valence-electron chi connectivity index (χ1n) is 6.18. The zero-order valence-electron chi connectivity index (χ0n) is 10.8. The molecule has 0 bridgehead atoms. The first-order chi connectivity index (χ1) is 9.52. The molecule has 3 nitrogen and oxygen atoms in total. The average Bonchev–Trinajstić information content (AvgIpc) is 2.45. The summed E-state index contributed by atoms with van der Waals surface area (Å²) < 4.78 is 5.46. The molecule has 2 unspecified atom stereocenters. The summed E-state index contributed by atoms with van der Waals surface area (Å²) in [7, 11) is 0. The largest absolute Gasteiger partial charge is 0.549 e. The minimum Gasteiger partial charge on any atom is -0.549 e. The van der Waals surface area contributed by atoms with E-state index in [0.717, 1.165) is 22.1 Å². The molecule has 2 rings (SSSR count). The average molecular weight is 401 g/mol. The summed E-state index contributed by atoms with van der Waals surface area (Å²) in [6.45, 7) is 2.57. The zero-order valence-corrected chi connectivity index (χ0v) is 14.0. The number of aliphatic carboxylic acids is 1. The minimum atomic E-state index is -1.14. The SMILES string of the molecule is CCOc1ccc2cc(C(Br)C(Br)C(=O)[O-])ccc2c1. The van der Waals surface area contributed by atoms with Crippen molar-refractivity contribution in [3.63, 3.8) is 0 Å². The Morgan fingerprint density at radius 3 is 2.50 bits per heavy atom. The van der Waals surface area contributed by atoms with Crippen LogP contribution in [0.15, 0.2) is 36.4 Å². The predicted molar refractivity (Wildman–Crippen MR) is 84.5 cm³/mol. The van der Waals surface area contributed by atoms with Gasteiger partial charge in [0.2, 0.25) is 0 Å². The van der Waals surface area contributed by atoms with Crippen molar-refractivity contribution >= 4 is 48.6 Å². The zero-order chi connectivity index (χ0) is 14.7. The van der Waals surface area contributed by atoms with E-state index in [0.29, 0.717) is 6.61 Å². The van der Waals surface area contributed by atoms with Crippen LogP contribution >= 0.6 is 31.9 Å². The van der Waals surface area contributed by atoms with Crippen molar-refractivity contribution < 1.29 is 14.6 Å². The van der Waals surface area contributed by atoms with Crippen LogP contribution < -0.4 is 9.84 Å². The molecule has 0 fully saturated rings. The van der Waals surface area contributed by atoms with Crippen LogP contribution in [0.3, 0.4) is 0 Å². The summed E-state index contributed by atoms with van der Waals surface area (Å²) in [4.78, 5) is 9.77. The van der Waals surface area contributed by atoms with Gasteiger partial charge in [-0.1, -0.05) is 50.1 Å². The number of benzene rings is 2. The molecule has 2 atom stereocenters. The molecule has 0 heterocycles. The van der Waals surface area contributed by atoms with E-state index in [9.17, 15) is 9.90 Å². The van der Waals surface area contributed by atoms with Crippen molar-refractivity contribution in [1.29, 1.82) is 0 Å². The lowest BCUT2D eigenvalue weighted by Gasteiger charge is -2.18. The van der Waals surface area contributed by atoms with Crippen LogP contribution in [0.1, 0.15) is 17.3 Å². The molecule has 0 radical (unpaired) electrons. The molecule has 0 amide bonds. The summed E-state index contributed by atoms with van der Waals surface area (Å²) in [5.41, 5.74) is 0.882. The lowest BCUT2D eigenvalue weighted by Crippen LogP contribution is -2.34.